The Labute approximate surface area is 188 Å². The number of ether oxygens (including phenoxy) is 2. The smallest absolute Gasteiger partial charge is 0.338 e. The van der Waals surface area contributed by atoms with Crippen LogP contribution in [-0.2, 0) is 19.1 Å². The molecule has 3 aliphatic rings. The highest BCUT2D eigenvalue weighted by atomic mass is 32.2. The fourth-order valence-electron chi connectivity index (χ4n) is 3.94. The van der Waals surface area contributed by atoms with Gasteiger partial charge in [-0.15, -0.1) is 0 Å². The summed E-state index contributed by atoms with van der Waals surface area (Å²) in [5.74, 6) is -0.623. The number of amides is 1. The van der Waals surface area contributed by atoms with Crippen molar-refractivity contribution in [2.45, 2.75) is 19.4 Å². The summed E-state index contributed by atoms with van der Waals surface area (Å²) >= 11 is 1.36. The second-order valence-corrected chi connectivity index (χ2v) is 8.24. The van der Waals surface area contributed by atoms with Crippen molar-refractivity contribution in [1.29, 1.82) is 0 Å². The predicted octanol–water partition coefficient (Wildman–Crippen LogP) is 2.59. The van der Waals surface area contributed by atoms with Crippen molar-refractivity contribution in [3.63, 3.8) is 0 Å². The Morgan fingerprint density at radius 2 is 2.09 bits per heavy atom. The SMILES string of the molecule is COC(=O)C1=C(C)N=C2SC=C(CC(=O)N3CCOCC3)N2[C@H]1c1cccc([N+](=O)[O-])c1. The number of carbonyl (C=O) groups is 2. The summed E-state index contributed by atoms with van der Waals surface area (Å²) in [5.41, 5.74) is 1.88. The first-order valence-corrected chi connectivity index (χ1v) is 10.9. The summed E-state index contributed by atoms with van der Waals surface area (Å²) in [6.45, 7) is 3.77. The van der Waals surface area contributed by atoms with Gasteiger partial charge in [0.05, 0.1) is 49.0 Å². The van der Waals surface area contributed by atoms with Gasteiger partial charge >= 0.3 is 5.97 Å². The maximum atomic E-state index is 12.9. The van der Waals surface area contributed by atoms with Crippen LogP contribution in [0.4, 0.5) is 5.69 Å². The Morgan fingerprint density at radius 1 is 1.34 bits per heavy atom. The quantitative estimate of drug-likeness (QED) is 0.376. The standard InChI is InChI=1S/C21H22N4O6S/c1-13-18(20(27)30-2)19(14-4-3-5-15(10-14)25(28)29)24-16(12-32-21(24)22-13)11-17(26)23-6-8-31-9-7-23/h3-5,10,12,19H,6-9,11H2,1-2H3/t19-/m0/s1. The van der Waals surface area contributed by atoms with Crippen LogP contribution in [0.3, 0.4) is 0 Å². The van der Waals surface area contributed by atoms with E-state index in [0.717, 1.165) is 0 Å². The lowest BCUT2D eigenvalue weighted by Crippen LogP contribution is -2.42. The van der Waals surface area contributed by atoms with Crippen LogP contribution in [0.2, 0.25) is 0 Å². The van der Waals surface area contributed by atoms with E-state index in [1.165, 1.54) is 31.0 Å². The van der Waals surface area contributed by atoms with E-state index < -0.39 is 16.9 Å². The third-order valence-electron chi connectivity index (χ3n) is 5.50. The first-order chi connectivity index (χ1) is 15.4. The van der Waals surface area contributed by atoms with Crippen LogP contribution in [-0.4, -0.2) is 65.2 Å². The van der Waals surface area contributed by atoms with Gasteiger partial charge in [0.15, 0.2) is 5.17 Å². The van der Waals surface area contributed by atoms with E-state index in [4.69, 9.17) is 9.47 Å². The molecule has 0 saturated carbocycles. The number of nitrogens with zero attached hydrogens (tertiary/aromatic N) is 4. The number of aliphatic imine (C=N–C) groups is 1. The molecule has 1 amide bonds. The summed E-state index contributed by atoms with van der Waals surface area (Å²) < 4.78 is 10.3. The molecule has 1 aromatic carbocycles. The van der Waals surface area contributed by atoms with E-state index >= 15 is 0 Å². The van der Waals surface area contributed by atoms with Crippen molar-refractivity contribution >= 4 is 34.5 Å². The molecule has 1 fully saturated rings. The van der Waals surface area contributed by atoms with Crippen LogP contribution >= 0.6 is 11.8 Å². The summed E-state index contributed by atoms with van der Waals surface area (Å²) in [6.07, 6.45) is 0.116. The lowest BCUT2D eigenvalue weighted by atomic mass is 9.93. The molecule has 0 radical (unpaired) electrons. The first kappa shape index (κ1) is 22.0. The number of carbonyl (C=O) groups excluding carboxylic acids is 2. The highest BCUT2D eigenvalue weighted by molar-refractivity contribution is 8.16. The Kier molecular flexibility index (Phi) is 6.28. The fraction of sp³-hybridized carbons (Fsp3) is 0.381. The lowest BCUT2D eigenvalue weighted by molar-refractivity contribution is -0.384. The molecule has 4 rings (SSSR count). The van der Waals surface area contributed by atoms with Gasteiger partial charge in [-0.1, -0.05) is 23.9 Å². The van der Waals surface area contributed by atoms with Crippen LogP contribution < -0.4 is 0 Å². The topological polar surface area (TPSA) is 115 Å². The number of benzene rings is 1. The molecule has 0 aliphatic carbocycles. The van der Waals surface area contributed by atoms with Crippen molar-refractivity contribution in [2.24, 2.45) is 4.99 Å². The number of morpholine rings is 1. The van der Waals surface area contributed by atoms with Gasteiger partial charge in [0.2, 0.25) is 5.91 Å². The Hall–Kier alpha value is -3.18. The summed E-state index contributed by atoms with van der Waals surface area (Å²) in [5, 5.41) is 13.8. The number of nitro groups is 1. The number of rotatable bonds is 5. The van der Waals surface area contributed by atoms with Crippen LogP contribution in [0.1, 0.15) is 24.9 Å². The minimum absolute atomic E-state index is 0.0508. The van der Waals surface area contributed by atoms with E-state index in [1.54, 1.807) is 28.9 Å². The maximum absolute atomic E-state index is 12.9. The largest absolute Gasteiger partial charge is 0.466 e. The van der Waals surface area contributed by atoms with Gasteiger partial charge in [-0.05, 0) is 17.9 Å². The van der Waals surface area contributed by atoms with Gasteiger partial charge < -0.3 is 19.3 Å². The number of thioether (sulfide) groups is 1. The molecule has 1 atom stereocenters. The minimum Gasteiger partial charge on any atom is -0.466 e. The second kappa shape index (κ2) is 9.13. The van der Waals surface area contributed by atoms with Crippen LogP contribution in [0, 0.1) is 10.1 Å². The molecule has 32 heavy (non-hydrogen) atoms. The van der Waals surface area contributed by atoms with E-state index in [-0.39, 0.29) is 23.6 Å². The van der Waals surface area contributed by atoms with Gasteiger partial charge in [-0.25, -0.2) is 9.79 Å². The number of allylic oxidation sites excluding steroid dienone is 1. The zero-order valence-corrected chi connectivity index (χ0v) is 18.5. The number of esters is 1. The van der Waals surface area contributed by atoms with E-state index in [1.807, 2.05) is 5.41 Å². The number of methoxy groups -OCH3 is 1. The Bertz CT molecular complexity index is 1060. The van der Waals surface area contributed by atoms with Crippen molar-refractivity contribution in [3.8, 4) is 0 Å². The number of amidine groups is 1. The van der Waals surface area contributed by atoms with Gasteiger partial charge in [0, 0.05) is 30.9 Å². The predicted molar refractivity (Wildman–Crippen MR) is 118 cm³/mol. The Balaban J connectivity index is 1.72. The number of fused-ring (bicyclic) bond motifs is 1. The van der Waals surface area contributed by atoms with Crippen molar-refractivity contribution < 1.29 is 24.0 Å². The van der Waals surface area contributed by atoms with Crippen molar-refractivity contribution in [1.82, 2.24) is 9.80 Å². The minimum atomic E-state index is -0.700. The summed E-state index contributed by atoms with van der Waals surface area (Å²) in [6, 6.07) is 5.44. The molecular formula is C21H22N4O6S. The third kappa shape index (κ3) is 4.13. The van der Waals surface area contributed by atoms with Gasteiger partial charge in [0.25, 0.3) is 5.69 Å². The average molecular weight is 458 g/mol. The fourth-order valence-corrected chi connectivity index (χ4v) is 4.91. The van der Waals surface area contributed by atoms with Crippen LogP contribution in [0.15, 0.2) is 51.6 Å². The second-order valence-electron chi connectivity index (χ2n) is 7.41. The van der Waals surface area contributed by atoms with E-state index in [0.29, 0.717) is 48.4 Å². The van der Waals surface area contributed by atoms with Crippen molar-refractivity contribution in [3.05, 3.63) is 62.3 Å². The molecule has 0 N–H and O–H groups in total. The average Bonchev–Trinajstić information content (AvgIpc) is 3.20. The molecular weight excluding hydrogens is 436 g/mol. The van der Waals surface area contributed by atoms with Gasteiger partial charge in [0.1, 0.15) is 0 Å². The molecule has 168 valence electrons. The monoisotopic (exact) mass is 458 g/mol. The molecule has 11 heteroatoms. The molecule has 0 aromatic heterocycles. The normalized spacial score (nSPS) is 20.5. The zero-order valence-electron chi connectivity index (χ0n) is 17.6. The van der Waals surface area contributed by atoms with E-state index in [2.05, 4.69) is 4.99 Å². The number of hydrogen-bond donors (Lipinski definition) is 0. The third-order valence-corrected chi connectivity index (χ3v) is 6.39. The summed E-state index contributed by atoms with van der Waals surface area (Å²) in [7, 11) is 1.28. The van der Waals surface area contributed by atoms with Gasteiger partial charge in [-0.2, -0.15) is 0 Å². The van der Waals surface area contributed by atoms with E-state index in [9.17, 15) is 19.7 Å². The van der Waals surface area contributed by atoms with Crippen molar-refractivity contribution in [2.75, 3.05) is 33.4 Å². The molecule has 0 spiro atoms. The molecule has 3 aliphatic heterocycles. The maximum Gasteiger partial charge on any atom is 0.338 e. The molecule has 0 bridgehead atoms. The highest BCUT2D eigenvalue weighted by Crippen LogP contribution is 2.45. The molecule has 0 unspecified atom stereocenters. The zero-order chi connectivity index (χ0) is 22.8. The number of nitro benzene ring substituents is 1. The molecule has 3 heterocycles. The molecule has 10 nitrogen and oxygen atoms in total. The summed E-state index contributed by atoms with van der Waals surface area (Å²) in [4.78, 5) is 44.6. The number of hydrogen-bond acceptors (Lipinski definition) is 9. The van der Waals surface area contributed by atoms with Gasteiger partial charge in [-0.3, -0.25) is 14.9 Å². The van der Waals surface area contributed by atoms with Crippen LogP contribution in [0.5, 0.6) is 0 Å². The molecule has 1 saturated heterocycles. The first-order valence-electron chi connectivity index (χ1n) is 10.0. The Morgan fingerprint density at radius 3 is 2.78 bits per heavy atom. The number of non-ortho nitro benzene ring substituents is 1. The molecule has 1 aromatic rings. The lowest BCUT2D eigenvalue weighted by Gasteiger charge is -2.36. The van der Waals surface area contributed by atoms with Crippen LogP contribution in [0.25, 0.3) is 0 Å². The highest BCUT2D eigenvalue weighted by Gasteiger charge is 2.41.